The third kappa shape index (κ3) is 1.66. The van der Waals surface area contributed by atoms with Crippen molar-refractivity contribution in [2.75, 3.05) is 0 Å². The van der Waals surface area contributed by atoms with Crippen LogP contribution in [0.4, 0.5) is 0 Å². The Morgan fingerprint density at radius 2 is 1.88 bits per heavy atom. The molecule has 16 heavy (non-hydrogen) atoms. The van der Waals surface area contributed by atoms with Gasteiger partial charge in [-0.3, -0.25) is 0 Å². The van der Waals surface area contributed by atoms with E-state index in [0.717, 1.165) is 5.92 Å². The van der Waals surface area contributed by atoms with E-state index >= 15 is 0 Å². The Kier molecular flexibility index (Phi) is 2.58. The fourth-order valence-electron chi connectivity index (χ4n) is 3.44. The molecular formula is C14H26OSi. The van der Waals surface area contributed by atoms with Gasteiger partial charge in [-0.1, -0.05) is 20.8 Å². The summed E-state index contributed by atoms with van der Waals surface area (Å²) in [6, 6.07) is 0. The zero-order valence-corrected chi connectivity index (χ0v) is 12.7. The first kappa shape index (κ1) is 12.2. The Balaban J connectivity index is 2.22. The maximum absolute atomic E-state index is 6.00. The molecule has 2 saturated carbocycles. The van der Waals surface area contributed by atoms with Crippen LogP contribution in [0.15, 0.2) is 11.8 Å². The molecule has 0 heterocycles. The van der Waals surface area contributed by atoms with Gasteiger partial charge in [-0.25, -0.2) is 0 Å². The van der Waals surface area contributed by atoms with Gasteiger partial charge in [0.1, 0.15) is 0 Å². The molecule has 2 atom stereocenters. The van der Waals surface area contributed by atoms with Crippen LogP contribution >= 0.6 is 0 Å². The van der Waals surface area contributed by atoms with E-state index in [9.17, 15) is 0 Å². The van der Waals surface area contributed by atoms with Crippen LogP contribution in [0.3, 0.4) is 0 Å². The highest BCUT2D eigenvalue weighted by Gasteiger charge is 2.58. The first-order valence-electron chi connectivity index (χ1n) is 6.54. The third-order valence-corrected chi connectivity index (χ3v) is 5.99. The van der Waals surface area contributed by atoms with Crippen molar-refractivity contribution in [1.29, 1.82) is 0 Å². The maximum atomic E-state index is 6.00. The summed E-state index contributed by atoms with van der Waals surface area (Å²) in [7, 11) is -1.41. The van der Waals surface area contributed by atoms with E-state index in [0.29, 0.717) is 10.8 Å². The highest BCUT2D eigenvalue weighted by molar-refractivity contribution is 6.69. The zero-order chi connectivity index (χ0) is 12.2. The minimum absolute atomic E-state index is 0.400. The van der Waals surface area contributed by atoms with E-state index in [4.69, 9.17) is 4.43 Å². The average Bonchev–Trinajstić information content (AvgIpc) is 2.45. The molecule has 0 aromatic heterocycles. The van der Waals surface area contributed by atoms with Gasteiger partial charge in [0.2, 0.25) is 8.32 Å². The fraction of sp³-hybridized carbons (Fsp3) is 0.857. The normalized spacial score (nSPS) is 39.4. The van der Waals surface area contributed by atoms with Crippen LogP contribution in [-0.4, -0.2) is 8.32 Å². The minimum atomic E-state index is -1.41. The summed E-state index contributed by atoms with van der Waals surface area (Å²) >= 11 is 0. The summed E-state index contributed by atoms with van der Waals surface area (Å²) < 4.78 is 6.00. The number of hydrogen-bond donors (Lipinski definition) is 0. The van der Waals surface area contributed by atoms with Crippen molar-refractivity contribution >= 4 is 8.32 Å². The van der Waals surface area contributed by atoms with Crippen LogP contribution in [0.1, 0.15) is 40.0 Å². The van der Waals surface area contributed by atoms with E-state index in [2.05, 4.69) is 46.7 Å². The number of fused-ring (bicyclic) bond motifs is 2. The van der Waals surface area contributed by atoms with E-state index in [1.54, 1.807) is 5.57 Å². The summed E-state index contributed by atoms with van der Waals surface area (Å²) in [4.78, 5) is 0. The first-order chi connectivity index (χ1) is 7.17. The summed E-state index contributed by atoms with van der Waals surface area (Å²) in [5.41, 5.74) is 2.45. The molecule has 0 aliphatic heterocycles. The van der Waals surface area contributed by atoms with Gasteiger partial charge in [0, 0.05) is 0 Å². The predicted octanol–water partition coefficient (Wildman–Crippen LogP) is 4.57. The Morgan fingerprint density at radius 3 is 2.25 bits per heavy atom. The molecule has 2 rings (SSSR count). The average molecular weight is 238 g/mol. The molecule has 0 N–H and O–H groups in total. The predicted molar refractivity (Wildman–Crippen MR) is 71.7 cm³/mol. The lowest BCUT2D eigenvalue weighted by Gasteiger charge is -2.35. The summed E-state index contributed by atoms with van der Waals surface area (Å²) in [5, 5.41) is 0. The quantitative estimate of drug-likeness (QED) is 0.506. The van der Waals surface area contributed by atoms with Gasteiger partial charge in [0.15, 0.2) is 0 Å². The van der Waals surface area contributed by atoms with Crippen molar-refractivity contribution in [3.63, 3.8) is 0 Å². The Morgan fingerprint density at radius 1 is 1.25 bits per heavy atom. The van der Waals surface area contributed by atoms with Crippen LogP contribution in [0.25, 0.3) is 0 Å². The van der Waals surface area contributed by atoms with E-state index in [1.807, 2.05) is 0 Å². The Bertz CT molecular complexity index is 324. The molecule has 2 aliphatic carbocycles. The summed E-state index contributed by atoms with van der Waals surface area (Å²) in [5.74, 6) is 0.883. The molecule has 0 amide bonds. The van der Waals surface area contributed by atoms with Crippen LogP contribution < -0.4 is 0 Å². The number of allylic oxidation sites excluding steroid dienone is 1. The zero-order valence-electron chi connectivity index (χ0n) is 11.7. The van der Waals surface area contributed by atoms with Gasteiger partial charge in [0.25, 0.3) is 0 Å². The van der Waals surface area contributed by atoms with Crippen LogP contribution in [-0.2, 0) is 4.43 Å². The first-order valence-corrected chi connectivity index (χ1v) is 9.95. The number of rotatable bonds is 2. The lowest BCUT2D eigenvalue weighted by atomic mass is 9.69. The largest absolute Gasteiger partial charge is 0.550 e. The molecule has 0 aromatic carbocycles. The van der Waals surface area contributed by atoms with Crippen LogP contribution in [0.2, 0.25) is 19.6 Å². The Labute approximate surface area is 101 Å². The SMILES string of the molecule is CC12CCC(CC1=CO[Si](C)(C)C)C2(C)C. The smallest absolute Gasteiger partial charge is 0.241 e. The van der Waals surface area contributed by atoms with Crippen molar-refractivity contribution in [3.8, 4) is 0 Å². The van der Waals surface area contributed by atoms with E-state index < -0.39 is 8.32 Å². The molecule has 2 bridgehead atoms. The molecule has 0 aromatic rings. The Hall–Kier alpha value is -0.243. The molecule has 0 spiro atoms. The molecule has 0 radical (unpaired) electrons. The minimum Gasteiger partial charge on any atom is -0.550 e. The number of hydrogen-bond acceptors (Lipinski definition) is 1. The van der Waals surface area contributed by atoms with E-state index in [1.165, 1.54) is 19.3 Å². The van der Waals surface area contributed by atoms with Gasteiger partial charge >= 0.3 is 0 Å². The molecule has 92 valence electrons. The molecule has 2 aliphatic rings. The highest BCUT2D eigenvalue weighted by Crippen LogP contribution is 2.67. The van der Waals surface area contributed by atoms with Crippen molar-refractivity contribution in [3.05, 3.63) is 11.8 Å². The lowest BCUT2D eigenvalue weighted by molar-refractivity contribution is 0.177. The van der Waals surface area contributed by atoms with Gasteiger partial charge in [-0.15, -0.1) is 0 Å². The molecule has 2 fully saturated rings. The molecule has 0 saturated heterocycles. The van der Waals surface area contributed by atoms with Crippen LogP contribution in [0, 0.1) is 16.7 Å². The van der Waals surface area contributed by atoms with E-state index in [-0.39, 0.29) is 0 Å². The standard InChI is InChI=1S/C14H26OSi/c1-13(2)11-7-8-14(13,3)12(9-11)10-15-16(4,5)6/h10-11H,7-9H2,1-6H3. The molecule has 1 nitrogen and oxygen atoms in total. The van der Waals surface area contributed by atoms with Crippen LogP contribution in [0.5, 0.6) is 0 Å². The fourth-order valence-corrected chi connectivity index (χ4v) is 3.94. The van der Waals surface area contributed by atoms with Crippen molar-refractivity contribution in [1.82, 2.24) is 0 Å². The molecule has 2 heteroatoms. The second kappa shape index (κ2) is 3.38. The maximum Gasteiger partial charge on any atom is 0.241 e. The summed E-state index contributed by atoms with van der Waals surface area (Å²) in [6.07, 6.45) is 6.17. The molecule has 2 unspecified atom stereocenters. The monoisotopic (exact) mass is 238 g/mol. The molecular weight excluding hydrogens is 212 g/mol. The van der Waals surface area contributed by atoms with Crippen molar-refractivity contribution < 1.29 is 4.43 Å². The van der Waals surface area contributed by atoms with Crippen molar-refractivity contribution in [2.24, 2.45) is 16.7 Å². The topological polar surface area (TPSA) is 9.23 Å². The second-order valence-corrected chi connectivity index (χ2v) is 11.8. The van der Waals surface area contributed by atoms with Gasteiger partial charge in [-0.05, 0) is 61.2 Å². The van der Waals surface area contributed by atoms with Gasteiger partial charge < -0.3 is 4.43 Å². The van der Waals surface area contributed by atoms with Crippen molar-refractivity contribution in [2.45, 2.75) is 59.7 Å². The third-order valence-electron chi connectivity index (χ3n) is 5.17. The van der Waals surface area contributed by atoms with Gasteiger partial charge in [-0.2, -0.15) is 0 Å². The van der Waals surface area contributed by atoms with Gasteiger partial charge in [0.05, 0.1) is 6.26 Å². The summed E-state index contributed by atoms with van der Waals surface area (Å²) in [6.45, 7) is 14.1. The second-order valence-electron chi connectivity index (χ2n) is 7.37. The highest BCUT2D eigenvalue weighted by atomic mass is 28.4. The lowest BCUT2D eigenvalue weighted by Crippen LogP contribution is -2.29.